The second-order valence-corrected chi connectivity index (χ2v) is 8.70. The molecule has 0 aliphatic carbocycles. The third kappa shape index (κ3) is 4.55. The molecule has 9 heteroatoms. The zero-order valence-corrected chi connectivity index (χ0v) is 16.0. The maximum Gasteiger partial charge on any atom is 0.216 e. The number of aliphatic imine (C=N–C) groups is 1. The van der Waals surface area contributed by atoms with E-state index in [4.69, 9.17) is 5.73 Å². The molecule has 1 amide bonds. The van der Waals surface area contributed by atoms with E-state index < -0.39 is 10.0 Å². The van der Waals surface area contributed by atoms with Gasteiger partial charge < -0.3 is 5.73 Å². The summed E-state index contributed by atoms with van der Waals surface area (Å²) in [5, 5.41) is 0. The Morgan fingerprint density at radius 2 is 2.04 bits per heavy atom. The van der Waals surface area contributed by atoms with Gasteiger partial charge in [0.25, 0.3) is 0 Å². The fourth-order valence-electron chi connectivity index (χ4n) is 2.70. The molecule has 7 nitrogen and oxygen atoms in total. The number of carbonyl (C=O) groups is 1. The molecule has 0 radical (unpaired) electrons. The van der Waals surface area contributed by atoms with Gasteiger partial charge in [0.2, 0.25) is 22.4 Å². The smallest absolute Gasteiger partial charge is 0.216 e. The van der Waals surface area contributed by atoms with Crippen molar-refractivity contribution in [2.75, 3.05) is 19.3 Å². The van der Waals surface area contributed by atoms with E-state index in [1.165, 1.54) is 15.5 Å². The predicted molar refractivity (Wildman–Crippen MR) is 97.5 cm³/mol. The first-order chi connectivity index (χ1) is 11.2. The topological polar surface area (TPSA) is 96.1 Å². The fraction of sp³-hybridized carbons (Fsp3) is 0.467. The van der Waals surface area contributed by atoms with Gasteiger partial charge in [0.15, 0.2) is 0 Å². The average molecular weight is 417 g/mol. The van der Waals surface area contributed by atoms with E-state index >= 15 is 0 Å². The Morgan fingerprint density at radius 1 is 1.42 bits per heavy atom. The molecule has 2 rings (SSSR count). The van der Waals surface area contributed by atoms with Crippen LogP contribution in [-0.2, 0) is 14.8 Å². The van der Waals surface area contributed by atoms with Crippen molar-refractivity contribution in [3.63, 3.8) is 0 Å². The molecule has 0 unspecified atom stereocenters. The van der Waals surface area contributed by atoms with Gasteiger partial charge in [0.1, 0.15) is 0 Å². The van der Waals surface area contributed by atoms with Gasteiger partial charge in [0, 0.05) is 23.6 Å². The number of amides is 1. The summed E-state index contributed by atoms with van der Waals surface area (Å²) in [6, 6.07) is 5.44. The molecule has 1 aliphatic heterocycles. The molecular formula is C15H21BrN4O3S. The number of sulfonamides is 1. The lowest BCUT2D eigenvalue weighted by Gasteiger charge is -2.35. The van der Waals surface area contributed by atoms with Crippen molar-refractivity contribution in [1.82, 2.24) is 9.21 Å². The SMILES string of the molecule is Cc1cc(Br)ccc1N=C(N)N(C=O)C1CCN(S(C)(=O)=O)CC1. The lowest BCUT2D eigenvalue weighted by molar-refractivity contribution is -0.116. The summed E-state index contributed by atoms with van der Waals surface area (Å²) in [6.45, 7) is 2.66. The molecular weight excluding hydrogens is 396 g/mol. The summed E-state index contributed by atoms with van der Waals surface area (Å²) < 4.78 is 25.5. The first-order valence-electron chi connectivity index (χ1n) is 7.51. The normalized spacial score (nSPS) is 17.7. The molecule has 1 aliphatic rings. The molecule has 2 N–H and O–H groups in total. The fourth-order valence-corrected chi connectivity index (χ4v) is 4.05. The molecule has 1 heterocycles. The van der Waals surface area contributed by atoms with Crippen molar-refractivity contribution in [2.45, 2.75) is 25.8 Å². The Hall–Kier alpha value is -1.45. The zero-order valence-electron chi connectivity index (χ0n) is 13.6. The molecule has 1 fully saturated rings. The summed E-state index contributed by atoms with van der Waals surface area (Å²) in [5.74, 6) is 0.119. The lowest BCUT2D eigenvalue weighted by Crippen LogP contribution is -2.50. The molecule has 0 aromatic heterocycles. The maximum absolute atomic E-state index is 11.6. The minimum atomic E-state index is -3.20. The molecule has 132 valence electrons. The van der Waals surface area contributed by atoms with E-state index in [9.17, 15) is 13.2 Å². The van der Waals surface area contributed by atoms with Crippen LogP contribution in [0.1, 0.15) is 18.4 Å². The summed E-state index contributed by atoms with van der Waals surface area (Å²) in [4.78, 5) is 17.2. The number of nitrogens with zero attached hydrogens (tertiary/aromatic N) is 3. The highest BCUT2D eigenvalue weighted by atomic mass is 79.9. The summed E-state index contributed by atoms with van der Waals surface area (Å²) in [5.41, 5.74) is 7.65. The third-order valence-corrected chi connectivity index (χ3v) is 5.85. The van der Waals surface area contributed by atoms with Crippen molar-refractivity contribution >= 4 is 44.0 Å². The van der Waals surface area contributed by atoms with Gasteiger partial charge in [0.05, 0.1) is 11.9 Å². The van der Waals surface area contributed by atoms with E-state index in [-0.39, 0.29) is 12.0 Å². The first kappa shape index (κ1) is 18.9. The minimum Gasteiger partial charge on any atom is -0.369 e. The van der Waals surface area contributed by atoms with Gasteiger partial charge >= 0.3 is 0 Å². The van der Waals surface area contributed by atoms with Crippen LogP contribution in [0.5, 0.6) is 0 Å². The van der Waals surface area contributed by atoms with Gasteiger partial charge in [-0.05, 0) is 43.5 Å². The number of hydrogen-bond donors (Lipinski definition) is 1. The number of benzene rings is 1. The number of hydrogen-bond acceptors (Lipinski definition) is 4. The van der Waals surface area contributed by atoms with Crippen molar-refractivity contribution in [2.24, 2.45) is 10.7 Å². The molecule has 0 bridgehead atoms. The summed E-state index contributed by atoms with van der Waals surface area (Å²) in [6.07, 6.45) is 2.91. The monoisotopic (exact) mass is 416 g/mol. The minimum absolute atomic E-state index is 0.119. The van der Waals surface area contributed by atoms with E-state index in [0.29, 0.717) is 38.0 Å². The van der Waals surface area contributed by atoms with Crippen LogP contribution in [0.4, 0.5) is 5.69 Å². The molecule has 24 heavy (non-hydrogen) atoms. The van der Waals surface area contributed by atoms with E-state index in [1.807, 2.05) is 25.1 Å². The first-order valence-corrected chi connectivity index (χ1v) is 10.2. The lowest BCUT2D eigenvalue weighted by atomic mass is 10.1. The van der Waals surface area contributed by atoms with Crippen LogP contribution in [-0.4, -0.2) is 55.4 Å². The van der Waals surface area contributed by atoms with Crippen LogP contribution in [0.25, 0.3) is 0 Å². The van der Waals surface area contributed by atoms with Crippen molar-refractivity contribution in [1.29, 1.82) is 0 Å². The summed E-state index contributed by atoms with van der Waals surface area (Å²) >= 11 is 3.39. The van der Waals surface area contributed by atoms with Crippen LogP contribution in [0.2, 0.25) is 0 Å². The molecule has 0 atom stereocenters. The van der Waals surface area contributed by atoms with Crippen LogP contribution < -0.4 is 5.73 Å². The van der Waals surface area contributed by atoms with Crippen molar-refractivity contribution in [3.8, 4) is 0 Å². The van der Waals surface area contributed by atoms with Crippen molar-refractivity contribution in [3.05, 3.63) is 28.2 Å². The average Bonchev–Trinajstić information content (AvgIpc) is 2.50. The van der Waals surface area contributed by atoms with Crippen LogP contribution >= 0.6 is 15.9 Å². The van der Waals surface area contributed by atoms with Crippen LogP contribution in [0.3, 0.4) is 0 Å². The molecule has 1 aromatic carbocycles. The second kappa shape index (κ2) is 7.62. The van der Waals surface area contributed by atoms with Crippen LogP contribution in [0, 0.1) is 6.92 Å². The Kier molecular flexibility index (Phi) is 6.00. The van der Waals surface area contributed by atoms with Gasteiger partial charge in [-0.2, -0.15) is 0 Å². The van der Waals surface area contributed by atoms with Gasteiger partial charge in [-0.15, -0.1) is 0 Å². The number of carbonyl (C=O) groups excluding carboxylic acids is 1. The van der Waals surface area contributed by atoms with Gasteiger partial charge in [-0.25, -0.2) is 17.7 Å². The molecule has 1 saturated heterocycles. The Labute approximate surface area is 150 Å². The predicted octanol–water partition coefficient (Wildman–Crippen LogP) is 1.59. The van der Waals surface area contributed by atoms with E-state index in [0.717, 1.165) is 10.0 Å². The number of guanidine groups is 1. The largest absolute Gasteiger partial charge is 0.369 e. The quantitative estimate of drug-likeness (QED) is 0.457. The maximum atomic E-state index is 11.6. The zero-order chi connectivity index (χ0) is 17.9. The number of rotatable bonds is 4. The summed E-state index contributed by atoms with van der Waals surface area (Å²) in [7, 11) is -3.20. The Bertz CT molecular complexity index is 743. The molecule has 0 saturated carbocycles. The van der Waals surface area contributed by atoms with Gasteiger partial charge in [-0.3, -0.25) is 9.69 Å². The number of aryl methyl sites for hydroxylation is 1. The Morgan fingerprint density at radius 3 is 2.54 bits per heavy atom. The highest BCUT2D eigenvalue weighted by Gasteiger charge is 2.29. The Balaban J connectivity index is 2.14. The number of nitrogens with two attached hydrogens (primary N) is 1. The second-order valence-electron chi connectivity index (χ2n) is 5.81. The van der Waals surface area contributed by atoms with Crippen molar-refractivity contribution < 1.29 is 13.2 Å². The van der Waals surface area contributed by atoms with Crippen LogP contribution in [0.15, 0.2) is 27.7 Å². The third-order valence-electron chi connectivity index (χ3n) is 4.06. The molecule has 0 spiro atoms. The number of piperidine rings is 1. The van der Waals surface area contributed by atoms with E-state index in [1.54, 1.807) is 0 Å². The van der Waals surface area contributed by atoms with E-state index in [2.05, 4.69) is 20.9 Å². The molecule has 1 aromatic rings. The van der Waals surface area contributed by atoms with Gasteiger partial charge in [-0.1, -0.05) is 15.9 Å². The highest BCUT2D eigenvalue weighted by Crippen LogP contribution is 2.24. The number of halogens is 1. The highest BCUT2D eigenvalue weighted by molar-refractivity contribution is 9.10. The standard InChI is InChI=1S/C15H21BrN4O3S/c1-11-9-12(16)3-4-14(11)18-15(17)20(10-21)13-5-7-19(8-6-13)24(2,22)23/h3-4,9-10,13H,5-8H2,1-2H3,(H2,17,18).